The van der Waals surface area contributed by atoms with Crippen LogP contribution >= 0.6 is 11.6 Å². The van der Waals surface area contributed by atoms with Crippen LogP contribution in [0.5, 0.6) is 0 Å². The van der Waals surface area contributed by atoms with Gasteiger partial charge in [0.2, 0.25) is 5.91 Å². The first kappa shape index (κ1) is 20.1. The molecule has 0 unspecified atom stereocenters. The number of hydrogen-bond acceptors (Lipinski definition) is 7. The van der Waals surface area contributed by atoms with E-state index in [1.165, 1.54) is 17.1 Å². The molecule has 156 valence electrons. The first-order valence-corrected chi connectivity index (χ1v) is 9.56. The zero-order chi connectivity index (χ0) is 21.8. The highest BCUT2D eigenvalue weighted by Gasteiger charge is 2.11. The average molecular weight is 436 g/mol. The van der Waals surface area contributed by atoms with Crippen LogP contribution in [0.2, 0.25) is 5.15 Å². The van der Waals surface area contributed by atoms with Gasteiger partial charge in [0, 0.05) is 28.6 Å². The fourth-order valence-corrected chi connectivity index (χ4v) is 3.16. The molecular weight excluding hydrogens is 418 g/mol. The summed E-state index contributed by atoms with van der Waals surface area (Å²) in [5, 5.41) is 14.3. The first-order chi connectivity index (χ1) is 15.0. The molecule has 0 atom stereocenters. The molecule has 0 aliphatic heterocycles. The number of tetrazole rings is 1. The molecule has 0 saturated heterocycles. The van der Waals surface area contributed by atoms with Gasteiger partial charge >= 0.3 is 0 Å². The molecule has 0 saturated carbocycles. The summed E-state index contributed by atoms with van der Waals surface area (Å²) in [6.07, 6.45) is 4.49. The number of imidazole rings is 1. The number of aromatic amines is 1. The van der Waals surface area contributed by atoms with E-state index in [1.54, 1.807) is 36.4 Å². The van der Waals surface area contributed by atoms with Crippen LogP contribution in [0.4, 0.5) is 11.4 Å². The summed E-state index contributed by atoms with van der Waals surface area (Å²) < 4.78 is 1.49. The van der Waals surface area contributed by atoms with E-state index in [-0.39, 0.29) is 12.5 Å². The van der Waals surface area contributed by atoms with Gasteiger partial charge in [0.05, 0.1) is 12.2 Å². The van der Waals surface area contributed by atoms with Crippen LogP contribution in [0.3, 0.4) is 0 Å². The van der Waals surface area contributed by atoms with E-state index in [0.717, 1.165) is 5.56 Å². The molecule has 0 aliphatic rings. The number of carbonyl (C=O) groups is 1. The molecule has 4 rings (SSSR count). The number of nitrogen functional groups attached to an aromatic ring is 2. The Morgan fingerprint density at radius 3 is 2.68 bits per heavy atom. The summed E-state index contributed by atoms with van der Waals surface area (Å²) in [5.41, 5.74) is 15.6. The Balaban J connectivity index is 1.44. The molecule has 1 amide bonds. The fourth-order valence-electron chi connectivity index (χ4n) is 2.90. The number of carbonyl (C=O) groups excluding carboxylic acids is 1. The molecule has 2 aromatic heterocycles. The van der Waals surface area contributed by atoms with Crippen LogP contribution in [0.15, 0.2) is 54.9 Å². The number of aromatic nitrogens is 6. The minimum absolute atomic E-state index is 0.175. The zero-order valence-electron chi connectivity index (χ0n) is 16.2. The van der Waals surface area contributed by atoms with Crippen LogP contribution in [0.25, 0.3) is 23.0 Å². The van der Waals surface area contributed by atoms with Crippen LogP contribution in [-0.4, -0.2) is 36.1 Å². The van der Waals surface area contributed by atoms with Gasteiger partial charge in [-0.15, -0.1) is 5.10 Å². The highest BCUT2D eigenvalue weighted by Crippen LogP contribution is 2.26. The summed E-state index contributed by atoms with van der Waals surface area (Å²) >= 11 is 6.25. The topological polar surface area (TPSA) is 153 Å². The molecule has 0 aliphatic carbocycles. The fraction of sp³-hybridized carbons (Fsp3) is 0.0500. The summed E-state index contributed by atoms with van der Waals surface area (Å²) in [6.45, 7) is 0.175. The number of halogens is 1. The van der Waals surface area contributed by atoms with Crippen molar-refractivity contribution in [2.24, 2.45) is 0 Å². The summed E-state index contributed by atoms with van der Waals surface area (Å²) in [7, 11) is 0. The lowest BCUT2D eigenvalue weighted by Gasteiger charge is -2.06. The number of H-pyrrole nitrogens is 1. The van der Waals surface area contributed by atoms with E-state index < -0.39 is 0 Å². The average Bonchev–Trinajstić information content (AvgIpc) is 3.41. The number of nitrogens with one attached hydrogen (secondary N) is 2. The Labute approximate surface area is 181 Å². The number of nitrogens with two attached hydrogens (primary N) is 2. The number of nitrogens with zero attached hydrogens (tertiary/aromatic N) is 5. The molecule has 2 aromatic carbocycles. The monoisotopic (exact) mass is 435 g/mol. The number of hydrogen-bond donors (Lipinski definition) is 4. The van der Waals surface area contributed by atoms with Crippen molar-refractivity contribution in [3.05, 3.63) is 71.4 Å². The maximum atomic E-state index is 12.3. The molecule has 10 nitrogen and oxygen atoms in total. The van der Waals surface area contributed by atoms with Gasteiger partial charge in [-0.05, 0) is 46.8 Å². The lowest BCUT2D eigenvalue weighted by Crippen LogP contribution is -2.21. The van der Waals surface area contributed by atoms with E-state index in [4.69, 9.17) is 23.1 Å². The highest BCUT2D eigenvalue weighted by atomic mass is 35.5. The zero-order valence-corrected chi connectivity index (χ0v) is 16.9. The maximum Gasteiger partial charge on any atom is 0.244 e. The summed E-state index contributed by atoms with van der Waals surface area (Å²) in [5.74, 6) is 0.212. The predicted molar refractivity (Wildman–Crippen MR) is 118 cm³/mol. The van der Waals surface area contributed by atoms with E-state index in [1.807, 2.05) is 12.1 Å². The van der Waals surface area contributed by atoms with Crippen molar-refractivity contribution in [3.63, 3.8) is 0 Å². The Morgan fingerprint density at radius 2 is 1.94 bits per heavy atom. The molecule has 0 fully saturated rings. The van der Waals surface area contributed by atoms with E-state index >= 15 is 0 Å². The smallest absolute Gasteiger partial charge is 0.244 e. The second kappa shape index (κ2) is 8.67. The van der Waals surface area contributed by atoms with Crippen molar-refractivity contribution in [2.45, 2.75) is 6.54 Å². The van der Waals surface area contributed by atoms with Crippen molar-refractivity contribution in [2.75, 3.05) is 11.5 Å². The van der Waals surface area contributed by atoms with Crippen molar-refractivity contribution >= 4 is 35.0 Å². The van der Waals surface area contributed by atoms with Gasteiger partial charge in [0.15, 0.2) is 0 Å². The van der Waals surface area contributed by atoms with Crippen molar-refractivity contribution in [3.8, 4) is 16.9 Å². The second-order valence-corrected chi connectivity index (χ2v) is 6.97. The largest absolute Gasteiger partial charge is 0.399 e. The van der Waals surface area contributed by atoms with E-state index in [0.29, 0.717) is 39.3 Å². The van der Waals surface area contributed by atoms with Gasteiger partial charge in [-0.1, -0.05) is 23.7 Å². The van der Waals surface area contributed by atoms with Crippen LogP contribution < -0.4 is 16.8 Å². The Morgan fingerprint density at radius 1 is 1.16 bits per heavy atom. The van der Waals surface area contributed by atoms with Gasteiger partial charge in [0.1, 0.15) is 23.0 Å². The molecule has 0 spiro atoms. The van der Waals surface area contributed by atoms with Crippen LogP contribution in [0, 0.1) is 0 Å². The van der Waals surface area contributed by atoms with Crippen LogP contribution in [0.1, 0.15) is 11.4 Å². The molecule has 0 radical (unpaired) electrons. The number of benzene rings is 2. The second-order valence-electron chi connectivity index (χ2n) is 6.59. The number of amides is 1. The highest BCUT2D eigenvalue weighted by molar-refractivity contribution is 6.31. The first-order valence-electron chi connectivity index (χ1n) is 9.18. The molecule has 0 bridgehead atoms. The molecular formula is C20H18ClN9O. The van der Waals surface area contributed by atoms with E-state index in [2.05, 4.69) is 30.8 Å². The van der Waals surface area contributed by atoms with Gasteiger partial charge in [-0.25, -0.2) is 4.98 Å². The summed E-state index contributed by atoms with van der Waals surface area (Å²) in [6, 6.07) is 12.4. The third kappa shape index (κ3) is 4.70. The van der Waals surface area contributed by atoms with Gasteiger partial charge < -0.3 is 21.8 Å². The summed E-state index contributed by atoms with van der Waals surface area (Å²) in [4.78, 5) is 19.7. The van der Waals surface area contributed by atoms with Crippen LogP contribution in [-0.2, 0) is 11.3 Å². The van der Waals surface area contributed by atoms with Gasteiger partial charge in [-0.3, -0.25) is 4.79 Å². The van der Waals surface area contributed by atoms with Crippen molar-refractivity contribution in [1.29, 1.82) is 0 Å². The Hall–Kier alpha value is -4.18. The third-order valence-electron chi connectivity index (χ3n) is 4.38. The predicted octanol–water partition coefficient (Wildman–Crippen LogP) is 2.20. The standard InChI is InChI=1S/C20H18ClN9O/c21-20-19(12-1-4-14(22)5-2-12)26-17(27-20)10-24-18(31)8-3-13-9-15(23)6-7-16(13)30-11-25-28-29-30/h1-9,11H,10,22-23H2,(H,24,31)(H,26,27)/b8-3+. The third-order valence-corrected chi connectivity index (χ3v) is 4.66. The molecule has 31 heavy (non-hydrogen) atoms. The van der Waals surface area contributed by atoms with Gasteiger partial charge in [-0.2, -0.15) is 4.68 Å². The Bertz CT molecular complexity index is 1230. The molecule has 4 aromatic rings. The molecule has 2 heterocycles. The maximum absolute atomic E-state index is 12.3. The van der Waals surface area contributed by atoms with E-state index in [9.17, 15) is 4.79 Å². The van der Waals surface area contributed by atoms with Crippen molar-refractivity contribution in [1.82, 2.24) is 35.5 Å². The number of anilines is 2. The van der Waals surface area contributed by atoms with Gasteiger partial charge in [0.25, 0.3) is 0 Å². The Kier molecular flexibility index (Phi) is 5.63. The number of rotatable bonds is 6. The lowest BCUT2D eigenvalue weighted by molar-refractivity contribution is -0.116. The normalized spacial score (nSPS) is 11.1. The molecule has 6 N–H and O–H groups in total. The SMILES string of the molecule is Nc1ccc(-c2nc(CNC(=O)/C=C/c3cc(N)ccc3-n3cnnn3)[nH]c2Cl)cc1. The quantitative estimate of drug-likeness (QED) is 0.267. The molecule has 11 heteroatoms. The lowest BCUT2D eigenvalue weighted by atomic mass is 10.1. The van der Waals surface area contributed by atoms with Crippen molar-refractivity contribution < 1.29 is 4.79 Å². The minimum Gasteiger partial charge on any atom is -0.399 e. The minimum atomic E-state index is -0.313.